The lowest BCUT2D eigenvalue weighted by Gasteiger charge is -2.08. The van der Waals surface area contributed by atoms with Crippen LogP contribution in [0, 0.1) is 11.3 Å². The maximum atomic E-state index is 12.5. The molecule has 8 heteroatoms. The van der Waals surface area contributed by atoms with E-state index in [0.29, 0.717) is 6.07 Å². The van der Waals surface area contributed by atoms with Crippen molar-refractivity contribution in [3.05, 3.63) is 23.3 Å². The van der Waals surface area contributed by atoms with Crippen LogP contribution >= 0.6 is 10.7 Å². The van der Waals surface area contributed by atoms with E-state index in [0.717, 1.165) is 6.07 Å². The van der Waals surface area contributed by atoms with Crippen LogP contribution in [0.4, 0.5) is 8.78 Å². The molecular formula is C8H4ClF2NO3S. The molecule has 0 unspecified atom stereocenters. The molecule has 4 nitrogen and oxygen atoms in total. The van der Waals surface area contributed by atoms with Crippen LogP contribution in [-0.4, -0.2) is 13.5 Å². The number of alkyl halides is 2. The van der Waals surface area contributed by atoms with Crippen molar-refractivity contribution in [2.45, 2.75) is 11.3 Å². The summed E-state index contributed by atoms with van der Waals surface area (Å²) >= 11 is 0. The van der Waals surface area contributed by atoms with Crippen LogP contribution in [-0.2, 0) is 9.05 Å². The molecular weight excluding hydrogens is 264 g/mol. The van der Waals surface area contributed by atoms with Crippen LogP contribution in [0.2, 0.25) is 0 Å². The van der Waals surface area contributed by atoms with Gasteiger partial charge in [0.1, 0.15) is 10.6 Å². The zero-order chi connectivity index (χ0) is 12.5. The highest BCUT2D eigenvalue weighted by Gasteiger charge is 2.26. The number of hydrogen-bond donors (Lipinski definition) is 1. The molecule has 0 aliphatic rings. The van der Waals surface area contributed by atoms with Gasteiger partial charge in [0.15, 0.2) is 0 Å². The first-order valence-corrected chi connectivity index (χ1v) is 6.08. The Kier molecular flexibility index (Phi) is 3.35. The quantitative estimate of drug-likeness (QED) is 0.833. The van der Waals surface area contributed by atoms with Gasteiger partial charge in [-0.3, -0.25) is 0 Å². The Morgan fingerprint density at radius 2 is 2.00 bits per heavy atom. The molecule has 0 bridgehead atoms. The Morgan fingerprint density at radius 1 is 1.44 bits per heavy atom. The first kappa shape index (κ1) is 12.7. The second-order valence-electron chi connectivity index (χ2n) is 2.76. The average molecular weight is 268 g/mol. The SMILES string of the molecule is N#Cc1cc(O)c(S(=O)(=O)Cl)c(C(F)F)c1. The van der Waals surface area contributed by atoms with Crippen LogP contribution in [0.1, 0.15) is 17.6 Å². The van der Waals surface area contributed by atoms with E-state index in [9.17, 15) is 22.3 Å². The molecule has 0 spiro atoms. The van der Waals surface area contributed by atoms with Gasteiger partial charge in [-0.05, 0) is 12.1 Å². The van der Waals surface area contributed by atoms with Gasteiger partial charge in [-0.1, -0.05) is 0 Å². The Hall–Kier alpha value is -1.39. The molecule has 0 fully saturated rings. The van der Waals surface area contributed by atoms with E-state index in [2.05, 4.69) is 0 Å². The van der Waals surface area contributed by atoms with Crippen molar-refractivity contribution in [2.24, 2.45) is 0 Å². The van der Waals surface area contributed by atoms with Gasteiger partial charge in [0.2, 0.25) is 0 Å². The number of phenolic OH excluding ortho intramolecular Hbond substituents is 1. The molecule has 86 valence electrons. The summed E-state index contributed by atoms with van der Waals surface area (Å²) in [5.74, 6) is -0.968. The summed E-state index contributed by atoms with van der Waals surface area (Å²) in [5.41, 5.74) is -1.27. The monoisotopic (exact) mass is 267 g/mol. The highest BCUT2D eigenvalue weighted by atomic mass is 35.7. The first-order valence-electron chi connectivity index (χ1n) is 3.77. The van der Waals surface area contributed by atoms with Crippen LogP contribution in [0.15, 0.2) is 17.0 Å². The zero-order valence-electron chi connectivity index (χ0n) is 7.49. The minimum Gasteiger partial charge on any atom is -0.506 e. The number of phenols is 1. The number of rotatable bonds is 2. The summed E-state index contributed by atoms with van der Waals surface area (Å²) in [5, 5.41) is 17.7. The maximum Gasteiger partial charge on any atom is 0.265 e. The van der Waals surface area contributed by atoms with Gasteiger partial charge in [0, 0.05) is 16.2 Å². The molecule has 0 saturated carbocycles. The zero-order valence-corrected chi connectivity index (χ0v) is 9.06. The Labute approximate surface area is 94.1 Å². The molecule has 16 heavy (non-hydrogen) atoms. The minimum absolute atomic E-state index is 0.281. The molecule has 0 amide bonds. The third kappa shape index (κ3) is 2.40. The van der Waals surface area contributed by atoms with E-state index >= 15 is 0 Å². The van der Waals surface area contributed by atoms with Crippen molar-refractivity contribution in [3.8, 4) is 11.8 Å². The molecule has 0 aliphatic carbocycles. The molecule has 0 aliphatic heterocycles. The largest absolute Gasteiger partial charge is 0.506 e. The van der Waals surface area contributed by atoms with Crippen molar-refractivity contribution in [2.75, 3.05) is 0 Å². The third-order valence-electron chi connectivity index (χ3n) is 1.71. The summed E-state index contributed by atoms with van der Waals surface area (Å²) < 4.78 is 47.0. The van der Waals surface area contributed by atoms with Crippen LogP contribution in [0.5, 0.6) is 5.75 Å². The van der Waals surface area contributed by atoms with Crippen molar-refractivity contribution in [1.82, 2.24) is 0 Å². The molecule has 1 aromatic carbocycles. The van der Waals surface area contributed by atoms with Gasteiger partial charge in [0.05, 0.1) is 11.6 Å². The predicted molar refractivity (Wildman–Crippen MR) is 50.8 cm³/mol. The number of nitriles is 1. The fourth-order valence-electron chi connectivity index (χ4n) is 1.13. The second-order valence-corrected chi connectivity index (χ2v) is 5.27. The normalized spacial score (nSPS) is 11.4. The maximum absolute atomic E-state index is 12.5. The van der Waals surface area contributed by atoms with E-state index in [-0.39, 0.29) is 5.56 Å². The molecule has 1 rings (SSSR count). The number of hydrogen-bond acceptors (Lipinski definition) is 4. The van der Waals surface area contributed by atoms with Crippen molar-refractivity contribution in [1.29, 1.82) is 5.26 Å². The van der Waals surface area contributed by atoms with Gasteiger partial charge in [-0.25, -0.2) is 17.2 Å². The second kappa shape index (κ2) is 4.23. The summed E-state index contributed by atoms with van der Waals surface area (Å²) in [6.45, 7) is 0. The lowest BCUT2D eigenvalue weighted by molar-refractivity contribution is 0.147. The molecule has 1 aromatic rings. The van der Waals surface area contributed by atoms with E-state index in [1.54, 1.807) is 0 Å². The topological polar surface area (TPSA) is 78.2 Å². The lowest BCUT2D eigenvalue weighted by Crippen LogP contribution is -2.00. The molecule has 1 N–H and O–H groups in total. The molecule has 0 aromatic heterocycles. The Bertz CT molecular complexity index is 565. The van der Waals surface area contributed by atoms with Gasteiger partial charge in [0.25, 0.3) is 15.5 Å². The fourth-order valence-corrected chi connectivity index (χ4v) is 2.37. The van der Waals surface area contributed by atoms with Crippen molar-refractivity contribution >= 4 is 19.7 Å². The van der Waals surface area contributed by atoms with Gasteiger partial charge < -0.3 is 5.11 Å². The standard InChI is InChI=1S/C8H4ClF2NO3S/c9-16(14,15)7-5(8(10)11)1-4(3-12)2-6(7)13/h1-2,8,13H. The summed E-state index contributed by atoms with van der Waals surface area (Å²) in [6, 6.07) is 2.93. The first-order chi connectivity index (χ1) is 7.27. The fraction of sp³-hybridized carbons (Fsp3) is 0.125. The van der Waals surface area contributed by atoms with E-state index < -0.39 is 31.7 Å². The van der Waals surface area contributed by atoms with Crippen molar-refractivity contribution < 1.29 is 22.3 Å². The molecule has 0 heterocycles. The lowest BCUT2D eigenvalue weighted by atomic mass is 10.1. The van der Waals surface area contributed by atoms with E-state index in [1.807, 2.05) is 0 Å². The summed E-state index contributed by atoms with van der Waals surface area (Å²) in [6.07, 6.45) is -3.16. The predicted octanol–water partition coefficient (Wildman–Crippen LogP) is 2.13. The highest BCUT2D eigenvalue weighted by Crippen LogP contribution is 2.36. The van der Waals surface area contributed by atoms with Crippen LogP contribution in [0.3, 0.4) is 0 Å². The number of halogens is 3. The Morgan fingerprint density at radius 3 is 2.38 bits per heavy atom. The van der Waals surface area contributed by atoms with Crippen molar-refractivity contribution in [3.63, 3.8) is 0 Å². The molecule has 0 saturated heterocycles. The number of benzene rings is 1. The third-order valence-corrected chi connectivity index (χ3v) is 3.10. The highest BCUT2D eigenvalue weighted by molar-refractivity contribution is 8.13. The number of nitrogens with zero attached hydrogens (tertiary/aromatic N) is 1. The van der Waals surface area contributed by atoms with Crippen LogP contribution in [0.25, 0.3) is 0 Å². The minimum atomic E-state index is -4.50. The van der Waals surface area contributed by atoms with E-state index in [1.165, 1.54) is 6.07 Å². The summed E-state index contributed by atoms with van der Waals surface area (Å²) in [4.78, 5) is -1.07. The number of aromatic hydroxyl groups is 1. The average Bonchev–Trinajstić information content (AvgIpc) is 2.14. The van der Waals surface area contributed by atoms with Gasteiger partial charge >= 0.3 is 0 Å². The van der Waals surface area contributed by atoms with Gasteiger partial charge in [-0.2, -0.15) is 5.26 Å². The smallest absolute Gasteiger partial charge is 0.265 e. The molecule has 0 radical (unpaired) electrons. The van der Waals surface area contributed by atoms with Crippen LogP contribution < -0.4 is 0 Å². The van der Waals surface area contributed by atoms with E-state index in [4.69, 9.17) is 15.9 Å². The van der Waals surface area contributed by atoms with Gasteiger partial charge in [-0.15, -0.1) is 0 Å². The summed E-state index contributed by atoms with van der Waals surface area (Å²) in [7, 11) is 0.403. The molecule has 0 atom stereocenters. The Balaban J connectivity index is 3.68.